The maximum absolute atomic E-state index is 13.5. The highest BCUT2D eigenvalue weighted by molar-refractivity contribution is 7.12. The molecule has 1 amide bonds. The van der Waals surface area contributed by atoms with E-state index < -0.39 is 17.8 Å². The number of benzene rings is 3. The summed E-state index contributed by atoms with van der Waals surface area (Å²) in [5.74, 6) is -0.537. The summed E-state index contributed by atoms with van der Waals surface area (Å²) in [5, 5.41) is 20.2. The van der Waals surface area contributed by atoms with E-state index in [0.29, 0.717) is 11.1 Å². The smallest absolute Gasteiger partial charge is 0.435 e. The minimum atomic E-state index is -4.66. The Balaban J connectivity index is 1.45. The Kier molecular flexibility index (Phi) is 5.98. The molecule has 0 aliphatic carbocycles. The maximum atomic E-state index is 13.5. The zero-order chi connectivity index (χ0) is 25.3. The Labute approximate surface area is 206 Å². The van der Waals surface area contributed by atoms with E-state index in [2.05, 4.69) is 20.6 Å². The zero-order valence-electron chi connectivity index (χ0n) is 18.3. The molecule has 180 valence electrons. The number of fused-ring (bicyclic) bond motifs is 1. The number of nitrogens with zero attached hydrogens (tertiary/aromatic N) is 4. The molecule has 0 atom stereocenters. The molecule has 0 spiro atoms. The van der Waals surface area contributed by atoms with E-state index in [-0.39, 0.29) is 22.3 Å². The van der Waals surface area contributed by atoms with Crippen LogP contribution in [0, 0.1) is 0 Å². The number of hydrazone groups is 1. The molecule has 5 aromatic rings. The lowest BCUT2D eigenvalue weighted by Gasteiger charge is -2.06. The molecule has 5 rings (SSSR count). The van der Waals surface area contributed by atoms with E-state index in [0.717, 1.165) is 32.9 Å². The highest BCUT2D eigenvalue weighted by Gasteiger charge is 2.35. The maximum Gasteiger partial charge on any atom is 0.435 e. The van der Waals surface area contributed by atoms with Crippen molar-refractivity contribution in [2.75, 3.05) is 0 Å². The minimum Gasteiger partial charge on any atom is -0.508 e. The number of thiazole rings is 1. The highest BCUT2D eigenvalue weighted by Crippen LogP contribution is 2.34. The van der Waals surface area contributed by atoms with Crippen LogP contribution in [0.25, 0.3) is 27.2 Å². The van der Waals surface area contributed by atoms with Gasteiger partial charge in [-0.1, -0.05) is 36.4 Å². The van der Waals surface area contributed by atoms with Crippen molar-refractivity contribution in [2.24, 2.45) is 5.10 Å². The minimum absolute atomic E-state index is 0.0219. The number of phenolic OH excluding ortho intramolecular Hbond substituents is 1. The zero-order valence-corrected chi connectivity index (χ0v) is 19.1. The van der Waals surface area contributed by atoms with Gasteiger partial charge < -0.3 is 5.11 Å². The molecular formula is C25H16F3N5O2S. The molecule has 36 heavy (non-hydrogen) atoms. The second-order valence-corrected chi connectivity index (χ2v) is 8.53. The van der Waals surface area contributed by atoms with Crippen molar-refractivity contribution >= 4 is 34.2 Å². The Morgan fingerprint density at radius 1 is 1.03 bits per heavy atom. The first-order valence-corrected chi connectivity index (χ1v) is 11.4. The van der Waals surface area contributed by atoms with Crippen molar-refractivity contribution in [1.82, 2.24) is 20.2 Å². The molecule has 2 heterocycles. The molecular weight excluding hydrogens is 491 g/mol. The average Bonchev–Trinajstić information content (AvgIpc) is 3.53. The number of aromatic hydroxyl groups is 1. The summed E-state index contributed by atoms with van der Waals surface area (Å²) >= 11 is 0.980. The Morgan fingerprint density at radius 2 is 1.78 bits per heavy atom. The van der Waals surface area contributed by atoms with E-state index in [9.17, 15) is 23.1 Å². The number of halogens is 3. The van der Waals surface area contributed by atoms with Gasteiger partial charge in [-0.25, -0.2) is 15.1 Å². The topological polar surface area (TPSA) is 92.4 Å². The van der Waals surface area contributed by atoms with E-state index >= 15 is 0 Å². The fourth-order valence-electron chi connectivity index (χ4n) is 3.47. The Hall–Kier alpha value is -4.51. The number of hydrogen-bond donors (Lipinski definition) is 2. The van der Waals surface area contributed by atoms with Crippen molar-refractivity contribution in [3.8, 4) is 22.1 Å². The fourth-order valence-corrected chi connectivity index (χ4v) is 4.24. The molecule has 11 heteroatoms. The standard InChI is InChI=1S/C25H16F3N5O2S/c26-25(27,28)22-12-21(18-8-7-16-3-1-2-4-17(16)11-18)33(32-22)24-30-20(14-36-24)23(35)31-29-13-15-5-9-19(34)10-6-15/h1-14,34H,(H,31,35)/b29-13-. The van der Waals surface area contributed by atoms with Crippen LogP contribution < -0.4 is 5.43 Å². The number of alkyl halides is 3. The number of rotatable bonds is 5. The molecule has 0 saturated carbocycles. The van der Waals surface area contributed by atoms with Crippen LogP contribution in [0.4, 0.5) is 13.2 Å². The largest absolute Gasteiger partial charge is 0.508 e. The fraction of sp³-hybridized carbons (Fsp3) is 0.0400. The number of hydrogen-bond acceptors (Lipinski definition) is 6. The first-order valence-electron chi connectivity index (χ1n) is 10.5. The van der Waals surface area contributed by atoms with E-state index in [4.69, 9.17) is 0 Å². The molecule has 0 fully saturated rings. The highest BCUT2D eigenvalue weighted by atomic mass is 32.1. The van der Waals surface area contributed by atoms with Crippen LogP contribution in [-0.2, 0) is 6.18 Å². The average molecular weight is 507 g/mol. The second kappa shape index (κ2) is 9.27. The van der Waals surface area contributed by atoms with Gasteiger partial charge in [-0.05, 0) is 52.7 Å². The van der Waals surface area contributed by atoms with Gasteiger partial charge in [0.05, 0.1) is 11.9 Å². The first kappa shape index (κ1) is 23.2. The van der Waals surface area contributed by atoms with Gasteiger partial charge >= 0.3 is 6.18 Å². The van der Waals surface area contributed by atoms with Gasteiger partial charge in [0, 0.05) is 10.9 Å². The molecule has 0 unspecified atom stereocenters. The van der Waals surface area contributed by atoms with Gasteiger partial charge in [0.2, 0.25) is 5.13 Å². The van der Waals surface area contributed by atoms with Crippen LogP contribution in [0.2, 0.25) is 0 Å². The van der Waals surface area contributed by atoms with Gasteiger partial charge in [-0.2, -0.15) is 23.4 Å². The van der Waals surface area contributed by atoms with Crippen molar-refractivity contribution in [2.45, 2.75) is 6.18 Å². The van der Waals surface area contributed by atoms with Gasteiger partial charge in [0.1, 0.15) is 11.4 Å². The summed E-state index contributed by atoms with van der Waals surface area (Å²) in [6, 6.07) is 20.0. The lowest BCUT2D eigenvalue weighted by Crippen LogP contribution is -2.18. The van der Waals surface area contributed by atoms with Gasteiger partial charge in [0.25, 0.3) is 5.91 Å². The van der Waals surface area contributed by atoms with Crippen LogP contribution in [0.3, 0.4) is 0 Å². The Morgan fingerprint density at radius 3 is 2.53 bits per heavy atom. The molecule has 0 saturated heterocycles. The molecule has 0 bridgehead atoms. The molecule has 0 aliphatic heterocycles. The monoisotopic (exact) mass is 507 g/mol. The molecule has 0 radical (unpaired) electrons. The van der Waals surface area contributed by atoms with Crippen LogP contribution in [-0.4, -0.2) is 32.0 Å². The summed E-state index contributed by atoms with van der Waals surface area (Å²) in [4.78, 5) is 16.7. The normalized spacial score (nSPS) is 11.9. The quantitative estimate of drug-likeness (QED) is 0.238. The van der Waals surface area contributed by atoms with Crippen molar-refractivity contribution in [3.63, 3.8) is 0 Å². The third kappa shape index (κ3) is 4.82. The lowest BCUT2D eigenvalue weighted by molar-refractivity contribution is -0.141. The summed E-state index contributed by atoms with van der Waals surface area (Å²) in [6.07, 6.45) is -3.27. The molecule has 0 aliphatic rings. The van der Waals surface area contributed by atoms with Crippen LogP contribution in [0.1, 0.15) is 21.7 Å². The summed E-state index contributed by atoms with van der Waals surface area (Å²) in [7, 11) is 0. The number of aromatic nitrogens is 3. The summed E-state index contributed by atoms with van der Waals surface area (Å²) < 4.78 is 41.6. The number of amides is 1. The van der Waals surface area contributed by atoms with Crippen molar-refractivity contribution in [1.29, 1.82) is 0 Å². The SMILES string of the molecule is O=C(N/N=C\c1ccc(O)cc1)c1csc(-n2nc(C(F)(F)F)cc2-c2ccc3ccccc3c2)n1. The van der Waals surface area contributed by atoms with Crippen LogP contribution >= 0.6 is 11.3 Å². The number of carbonyl (C=O) groups is 1. The predicted molar refractivity (Wildman–Crippen MR) is 130 cm³/mol. The number of phenols is 1. The summed E-state index contributed by atoms with van der Waals surface area (Å²) in [6.45, 7) is 0. The number of carbonyl (C=O) groups excluding carboxylic acids is 1. The van der Waals surface area contributed by atoms with E-state index in [1.165, 1.54) is 23.7 Å². The van der Waals surface area contributed by atoms with Gasteiger partial charge in [-0.15, -0.1) is 11.3 Å². The second-order valence-electron chi connectivity index (χ2n) is 7.69. The Bertz CT molecular complexity index is 1590. The van der Waals surface area contributed by atoms with Gasteiger partial charge in [0.15, 0.2) is 5.69 Å². The summed E-state index contributed by atoms with van der Waals surface area (Å²) in [5.41, 5.74) is 2.60. The van der Waals surface area contributed by atoms with Crippen LogP contribution in [0.5, 0.6) is 5.75 Å². The molecule has 2 N–H and O–H groups in total. The first-order chi connectivity index (χ1) is 17.3. The molecule has 7 nitrogen and oxygen atoms in total. The third-order valence-electron chi connectivity index (χ3n) is 5.22. The van der Waals surface area contributed by atoms with Crippen LogP contribution in [0.15, 0.2) is 83.3 Å². The van der Waals surface area contributed by atoms with Crippen molar-refractivity contribution in [3.05, 3.63) is 95.1 Å². The number of nitrogens with one attached hydrogen (secondary N) is 1. The van der Waals surface area contributed by atoms with Crippen molar-refractivity contribution < 1.29 is 23.1 Å². The molecule has 3 aromatic carbocycles. The molecule has 2 aromatic heterocycles. The predicted octanol–water partition coefficient (Wildman–Crippen LogP) is 5.64. The van der Waals surface area contributed by atoms with E-state index in [1.807, 2.05) is 30.3 Å². The van der Waals surface area contributed by atoms with Gasteiger partial charge in [-0.3, -0.25) is 4.79 Å². The lowest BCUT2D eigenvalue weighted by atomic mass is 10.0. The third-order valence-corrected chi connectivity index (χ3v) is 6.04. The van der Waals surface area contributed by atoms with E-state index in [1.54, 1.807) is 24.3 Å².